The summed E-state index contributed by atoms with van der Waals surface area (Å²) >= 11 is 1.71. The van der Waals surface area contributed by atoms with Crippen molar-refractivity contribution in [3.63, 3.8) is 0 Å². The molecule has 6 nitrogen and oxygen atoms in total. The maximum atomic E-state index is 5.72. The molecular weight excluding hydrogens is 336 g/mol. The van der Waals surface area contributed by atoms with Crippen LogP contribution in [0.1, 0.15) is 50.2 Å². The van der Waals surface area contributed by atoms with Crippen molar-refractivity contribution in [1.82, 2.24) is 15.6 Å². The summed E-state index contributed by atoms with van der Waals surface area (Å²) in [5.41, 5.74) is 1.04. The van der Waals surface area contributed by atoms with Crippen LogP contribution in [0.15, 0.2) is 10.4 Å². The monoisotopic (exact) mass is 368 g/mol. The second-order valence-corrected chi connectivity index (χ2v) is 7.50. The summed E-state index contributed by atoms with van der Waals surface area (Å²) in [6.45, 7) is 12.0. The van der Waals surface area contributed by atoms with E-state index in [2.05, 4.69) is 46.8 Å². The molecule has 2 heterocycles. The number of guanidine groups is 1. The number of nitrogens with one attached hydrogen (secondary N) is 2. The topological polar surface area (TPSA) is 67.8 Å². The van der Waals surface area contributed by atoms with E-state index in [1.54, 1.807) is 11.3 Å². The van der Waals surface area contributed by atoms with Crippen molar-refractivity contribution in [2.45, 2.75) is 46.1 Å². The smallest absolute Gasteiger partial charge is 0.191 e. The van der Waals surface area contributed by atoms with Crippen molar-refractivity contribution >= 4 is 17.3 Å². The molecule has 142 valence electrons. The second kappa shape index (κ2) is 11.4. The molecule has 1 fully saturated rings. The Balaban J connectivity index is 1.64. The van der Waals surface area contributed by atoms with E-state index in [0.29, 0.717) is 18.4 Å². The maximum absolute atomic E-state index is 5.72. The van der Waals surface area contributed by atoms with Crippen LogP contribution in [0.3, 0.4) is 0 Å². The van der Waals surface area contributed by atoms with Gasteiger partial charge in [-0.1, -0.05) is 13.8 Å². The highest BCUT2D eigenvalue weighted by Crippen LogP contribution is 2.19. The third-order valence-electron chi connectivity index (χ3n) is 3.94. The summed E-state index contributed by atoms with van der Waals surface area (Å²) in [6.07, 6.45) is 2.09. The number of hydrogen-bond donors (Lipinski definition) is 2. The normalized spacial score (nSPS) is 18.1. The molecule has 0 amide bonds. The van der Waals surface area contributed by atoms with Gasteiger partial charge >= 0.3 is 0 Å². The third kappa shape index (κ3) is 7.71. The van der Waals surface area contributed by atoms with Gasteiger partial charge in [-0.05, 0) is 19.8 Å². The molecule has 1 saturated heterocycles. The van der Waals surface area contributed by atoms with Gasteiger partial charge in [-0.3, -0.25) is 0 Å². The zero-order chi connectivity index (χ0) is 17.9. The lowest BCUT2D eigenvalue weighted by Gasteiger charge is -2.12. The molecule has 1 aromatic heterocycles. The molecule has 1 aliphatic rings. The van der Waals surface area contributed by atoms with Gasteiger partial charge in [0.15, 0.2) is 5.96 Å². The first-order chi connectivity index (χ1) is 12.2. The van der Waals surface area contributed by atoms with E-state index in [0.717, 1.165) is 64.0 Å². The Morgan fingerprint density at radius 2 is 2.36 bits per heavy atom. The molecule has 0 radical (unpaired) electrons. The van der Waals surface area contributed by atoms with Gasteiger partial charge in [-0.2, -0.15) is 0 Å². The molecule has 0 saturated carbocycles. The fourth-order valence-corrected chi connectivity index (χ4v) is 3.33. The summed E-state index contributed by atoms with van der Waals surface area (Å²) < 4.78 is 11.1. The molecule has 1 aliphatic heterocycles. The van der Waals surface area contributed by atoms with E-state index in [4.69, 9.17) is 9.47 Å². The van der Waals surface area contributed by atoms with E-state index in [1.807, 2.05) is 0 Å². The Kier molecular flexibility index (Phi) is 9.21. The maximum Gasteiger partial charge on any atom is 0.191 e. The molecule has 2 rings (SSSR count). The molecule has 0 aliphatic carbocycles. The van der Waals surface area contributed by atoms with Crippen molar-refractivity contribution in [2.75, 3.05) is 39.5 Å². The lowest BCUT2D eigenvalue weighted by molar-refractivity contribution is 0.0888. The molecule has 25 heavy (non-hydrogen) atoms. The van der Waals surface area contributed by atoms with Crippen molar-refractivity contribution in [3.8, 4) is 0 Å². The lowest BCUT2D eigenvalue weighted by Crippen LogP contribution is -2.38. The number of ether oxygens (including phenoxy) is 2. The average Bonchev–Trinajstić information content (AvgIpc) is 3.27. The number of aromatic nitrogens is 1. The number of nitrogens with zero attached hydrogens (tertiary/aromatic N) is 2. The Hall–Kier alpha value is -1.18. The zero-order valence-electron chi connectivity index (χ0n) is 15.7. The molecular formula is C18H32N4O2S. The van der Waals surface area contributed by atoms with Gasteiger partial charge in [0.1, 0.15) is 0 Å². The fraction of sp³-hybridized carbons (Fsp3) is 0.778. The first-order valence-electron chi connectivity index (χ1n) is 9.31. The van der Waals surface area contributed by atoms with Crippen molar-refractivity contribution in [1.29, 1.82) is 0 Å². The van der Waals surface area contributed by atoms with E-state index in [-0.39, 0.29) is 0 Å². The molecule has 1 aromatic rings. The van der Waals surface area contributed by atoms with Crippen LogP contribution in [0.2, 0.25) is 0 Å². The van der Waals surface area contributed by atoms with Crippen LogP contribution < -0.4 is 10.6 Å². The van der Waals surface area contributed by atoms with E-state index < -0.39 is 0 Å². The minimum absolute atomic E-state index is 0.477. The third-order valence-corrected chi connectivity index (χ3v) is 5.14. The molecule has 0 bridgehead atoms. The Morgan fingerprint density at radius 1 is 1.48 bits per heavy atom. The van der Waals surface area contributed by atoms with Crippen molar-refractivity contribution in [2.24, 2.45) is 10.9 Å². The Labute approximate surface area is 155 Å². The van der Waals surface area contributed by atoms with Gasteiger partial charge in [0, 0.05) is 43.5 Å². The number of thiazole rings is 1. The average molecular weight is 369 g/mol. The van der Waals surface area contributed by atoms with Gasteiger partial charge in [0.05, 0.1) is 30.5 Å². The fourth-order valence-electron chi connectivity index (χ4n) is 2.51. The predicted octanol–water partition coefficient (Wildman–Crippen LogP) is 2.76. The van der Waals surface area contributed by atoms with Gasteiger partial charge in [0.2, 0.25) is 0 Å². The van der Waals surface area contributed by atoms with Gasteiger partial charge in [-0.25, -0.2) is 9.98 Å². The first-order valence-corrected chi connectivity index (χ1v) is 10.2. The Bertz CT molecular complexity index is 513. The number of aliphatic imine (C=N–C) groups is 1. The minimum atomic E-state index is 0.477. The van der Waals surface area contributed by atoms with Crippen LogP contribution in [-0.2, 0) is 16.0 Å². The highest BCUT2D eigenvalue weighted by atomic mass is 32.1. The van der Waals surface area contributed by atoms with Crippen LogP contribution in [0, 0.1) is 5.92 Å². The molecule has 1 unspecified atom stereocenters. The summed E-state index contributed by atoms with van der Waals surface area (Å²) in [6, 6.07) is 0. The quantitative estimate of drug-likeness (QED) is 0.378. The predicted molar refractivity (Wildman–Crippen MR) is 103 cm³/mol. The second-order valence-electron chi connectivity index (χ2n) is 6.61. The highest BCUT2D eigenvalue weighted by Gasteiger charge is 2.15. The first kappa shape index (κ1) is 20.1. The standard InChI is InChI=1S/C18H32N4O2S/c1-4-19-18(21-10-16-13-25-17(22-16)14(2)3)20-7-5-8-23-11-15-6-9-24-12-15/h13-15H,4-12H2,1-3H3,(H2,19,20,21). The van der Waals surface area contributed by atoms with Crippen LogP contribution in [0.5, 0.6) is 0 Å². The van der Waals surface area contributed by atoms with Crippen LogP contribution in [-0.4, -0.2) is 50.5 Å². The Morgan fingerprint density at radius 3 is 3.04 bits per heavy atom. The van der Waals surface area contributed by atoms with Gasteiger partial charge in [0.25, 0.3) is 0 Å². The molecule has 0 aromatic carbocycles. The van der Waals surface area contributed by atoms with Crippen molar-refractivity contribution < 1.29 is 9.47 Å². The van der Waals surface area contributed by atoms with Crippen LogP contribution >= 0.6 is 11.3 Å². The zero-order valence-corrected chi connectivity index (χ0v) is 16.5. The SMILES string of the molecule is CCNC(=NCc1csc(C(C)C)n1)NCCCOCC1CCOC1. The number of hydrogen-bond acceptors (Lipinski definition) is 5. The van der Waals surface area contributed by atoms with E-state index in [9.17, 15) is 0 Å². The van der Waals surface area contributed by atoms with Crippen LogP contribution in [0.25, 0.3) is 0 Å². The molecule has 2 N–H and O–H groups in total. The van der Waals surface area contributed by atoms with Crippen LogP contribution in [0.4, 0.5) is 0 Å². The van der Waals surface area contributed by atoms with Gasteiger partial charge < -0.3 is 20.1 Å². The summed E-state index contributed by atoms with van der Waals surface area (Å²) in [5.74, 6) is 1.90. The highest BCUT2D eigenvalue weighted by molar-refractivity contribution is 7.09. The number of rotatable bonds is 10. The van der Waals surface area contributed by atoms with E-state index >= 15 is 0 Å². The van der Waals surface area contributed by atoms with E-state index in [1.165, 1.54) is 5.01 Å². The molecule has 7 heteroatoms. The summed E-state index contributed by atoms with van der Waals surface area (Å²) in [5, 5.41) is 9.91. The van der Waals surface area contributed by atoms with Crippen molar-refractivity contribution in [3.05, 3.63) is 16.1 Å². The summed E-state index contributed by atoms with van der Waals surface area (Å²) in [4.78, 5) is 9.24. The largest absolute Gasteiger partial charge is 0.381 e. The summed E-state index contributed by atoms with van der Waals surface area (Å²) in [7, 11) is 0. The van der Waals surface area contributed by atoms with Gasteiger partial charge in [-0.15, -0.1) is 11.3 Å². The molecule has 0 spiro atoms. The minimum Gasteiger partial charge on any atom is -0.381 e. The lowest BCUT2D eigenvalue weighted by atomic mass is 10.1. The molecule has 1 atom stereocenters.